The lowest BCUT2D eigenvalue weighted by atomic mass is 10.2. The van der Waals surface area contributed by atoms with Crippen LogP contribution in [0.3, 0.4) is 0 Å². The fourth-order valence-corrected chi connectivity index (χ4v) is 2.37. The summed E-state index contributed by atoms with van der Waals surface area (Å²) in [4.78, 5) is 7.16. The number of benzene rings is 1. The predicted octanol–water partition coefficient (Wildman–Crippen LogP) is -1.13. The minimum Gasteiger partial charge on any atom is -0.347 e. The molecule has 0 spiro atoms. The van der Waals surface area contributed by atoms with Crippen LogP contribution in [0.1, 0.15) is 5.69 Å². The Morgan fingerprint density at radius 2 is 2.25 bits per heavy atom. The van der Waals surface area contributed by atoms with Crippen LogP contribution < -0.4 is 22.6 Å². The van der Waals surface area contributed by atoms with E-state index in [4.69, 9.17) is 0 Å². The first kappa shape index (κ1) is 9.89. The highest BCUT2D eigenvalue weighted by Crippen LogP contribution is 2.15. The number of aromatic nitrogens is 3. The molecule has 2 heterocycles. The van der Waals surface area contributed by atoms with Crippen LogP contribution in [-0.2, 0) is 6.54 Å². The standard InChI is InChI=1S/C12H11IN3/c13-10-2-1-9-3-4-16(12(9)5-10)7-11-6-14-8-15-11/h1-6,8,13H,7H2,(H,14,15)/q+1. The molecule has 0 saturated heterocycles. The van der Waals surface area contributed by atoms with Crippen molar-refractivity contribution in [3.8, 4) is 0 Å². The number of nitrogens with zero attached hydrogens (tertiary/aromatic N) is 2. The molecule has 4 heteroatoms. The van der Waals surface area contributed by atoms with E-state index in [9.17, 15) is 0 Å². The summed E-state index contributed by atoms with van der Waals surface area (Å²) in [7, 11) is 0. The summed E-state index contributed by atoms with van der Waals surface area (Å²) in [6, 6.07) is 8.67. The molecule has 0 aliphatic heterocycles. The van der Waals surface area contributed by atoms with Crippen LogP contribution in [0.4, 0.5) is 0 Å². The van der Waals surface area contributed by atoms with Crippen LogP contribution in [0.25, 0.3) is 10.9 Å². The van der Waals surface area contributed by atoms with Crippen LogP contribution >= 0.6 is 0 Å². The summed E-state index contributed by atoms with van der Waals surface area (Å²) in [6.45, 7) is 0.841. The van der Waals surface area contributed by atoms with Crippen LogP contribution in [0, 0.1) is 3.57 Å². The van der Waals surface area contributed by atoms with Crippen LogP contribution in [0.5, 0.6) is 0 Å². The van der Waals surface area contributed by atoms with Gasteiger partial charge in [-0.3, -0.25) is 0 Å². The van der Waals surface area contributed by atoms with Crippen molar-refractivity contribution in [2.75, 3.05) is 0 Å². The van der Waals surface area contributed by atoms with Gasteiger partial charge < -0.3 is 9.55 Å². The Bertz CT molecular complexity index is 610. The quantitative estimate of drug-likeness (QED) is 0.595. The van der Waals surface area contributed by atoms with Crippen LogP contribution in [0.15, 0.2) is 43.0 Å². The van der Waals surface area contributed by atoms with E-state index in [1.807, 2.05) is 28.8 Å². The molecule has 0 aliphatic carbocycles. The van der Waals surface area contributed by atoms with Crippen molar-refractivity contribution in [1.29, 1.82) is 0 Å². The second-order valence-electron chi connectivity index (χ2n) is 3.74. The summed E-state index contributed by atoms with van der Waals surface area (Å²) in [5, 5.41) is 1.28. The zero-order valence-electron chi connectivity index (χ0n) is 8.55. The maximum Gasteiger partial charge on any atom is 0.296 e. The second kappa shape index (κ2) is 3.93. The van der Waals surface area contributed by atoms with E-state index in [2.05, 4.69) is 45.0 Å². The normalized spacial score (nSPS) is 11.1. The van der Waals surface area contributed by atoms with Crippen molar-refractivity contribution in [3.63, 3.8) is 0 Å². The largest absolute Gasteiger partial charge is 0.347 e. The number of halogens is 1. The van der Waals surface area contributed by atoms with Crippen molar-refractivity contribution in [1.82, 2.24) is 14.5 Å². The molecule has 0 unspecified atom stereocenters. The molecule has 0 radical (unpaired) electrons. The second-order valence-corrected chi connectivity index (χ2v) is 5.09. The van der Waals surface area contributed by atoms with Gasteiger partial charge in [0, 0.05) is 18.5 Å². The Hall–Kier alpha value is -1.30. The van der Waals surface area contributed by atoms with Gasteiger partial charge in [-0.15, -0.1) is 0 Å². The van der Waals surface area contributed by atoms with Gasteiger partial charge in [-0.25, -0.2) is 4.98 Å². The lowest BCUT2D eigenvalue weighted by Gasteiger charge is -2.02. The molecule has 80 valence electrons. The highest BCUT2D eigenvalue weighted by Gasteiger charge is 2.05. The van der Waals surface area contributed by atoms with Crippen molar-refractivity contribution in [3.05, 3.63) is 52.3 Å². The van der Waals surface area contributed by atoms with E-state index in [-0.39, 0.29) is 0 Å². The van der Waals surface area contributed by atoms with Gasteiger partial charge in [0.25, 0.3) is 22.6 Å². The minimum absolute atomic E-state index is 0.841. The highest BCUT2D eigenvalue weighted by atomic mass is 127. The molecule has 3 rings (SSSR count). The minimum atomic E-state index is 0.841. The SMILES string of the molecule is [IH+]c1ccc2ccn(Cc3cnc[nH]3)c2c1. The van der Waals surface area contributed by atoms with E-state index in [1.165, 1.54) is 14.5 Å². The lowest BCUT2D eigenvalue weighted by Crippen LogP contribution is -3.34. The summed E-state index contributed by atoms with van der Waals surface area (Å²) in [6.07, 6.45) is 5.70. The number of H-pyrrole nitrogens is 1. The van der Waals surface area contributed by atoms with E-state index < -0.39 is 0 Å². The molecule has 0 aliphatic rings. The van der Waals surface area contributed by atoms with Crippen molar-refractivity contribution in [2.24, 2.45) is 0 Å². The molecular weight excluding hydrogens is 313 g/mol. The Morgan fingerprint density at radius 3 is 3.06 bits per heavy atom. The van der Waals surface area contributed by atoms with Gasteiger partial charge in [0.05, 0.1) is 24.1 Å². The van der Waals surface area contributed by atoms with Crippen LogP contribution in [-0.4, -0.2) is 14.5 Å². The molecular formula is C12H11IN3+. The number of rotatable bonds is 2. The van der Waals surface area contributed by atoms with Crippen molar-refractivity contribution in [2.45, 2.75) is 6.54 Å². The number of hydrogen-bond acceptors (Lipinski definition) is 1. The Morgan fingerprint density at radius 1 is 1.31 bits per heavy atom. The van der Waals surface area contributed by atoms with E-state index in [0.717, 1.165) is 12.2 Å². The molecule has 1 N–H and O–H groups in total. The third-order valence-corrected chi connectivity index (χ3v) is 3.37. The monoisotopic (exact) mass is 324 g/mol. The number of imidazole rings is 1. The molecule has 1 aromatic carbocycles. The third-order valence-electron chi connectivity index (χ3n) is 2.64. The fraction of sp³-hybridized carbons (Fsp3) is 0.0833. The zero-order chi connectivity index (χ0) is 11.0. The van der Waals surface area contributed by atoms with Gasteiger partial charge in [0.2, 0.25) is 0 Å². The van der Waals surface area contributed by atoms with Gasteiger partial charge in [0.1, 0.15) is 0 Å². The summed E-state index contributed by atoms with van der Waals surface area (Å²) >= 11 is 2.04. The average molecular weight is 324 g/mol. The smallest absolute Gasteiger partial charge is 0.296 e. The van der Waals surface area contributed by atoms with E-state index >= 15 is 0 Å². The van der Waals surface area contributed by atoms with Gasteiger partial charge >= 0.3 is 0 Å². The van der Waals surface area contributed by atoms with E-state index in [0.29, 0.717) is 0 Å². The van der Waals surface area contributed by atoms with E-state index in [1.54, 1.807) is 6.33 Å². The number of aromatic amines is 1. The predicted molar refractivity (Wildman–Crippen MR) is 59.7 cm³/mol. The van der Waals surface area contributed by atoms with Crippen molar-refractivity contribution < 1.29 is 22.6 Å². The zero-order valence-corrected chi connectivity index (χ0v) is 10.9. The number of fused-ring (bicyclic) bond motifs is 1. The summed E-state index contributed by atoms with van der Waals surface area (Å²) in [5.41, 5.74) is 2.40. The first-order valence-corrected chi connectivity index (χ1v) is 6.22. The molecule has 3 aromatic rings. The van der Waals surface area contributed by atoms with Crippen LogP contribution in [0.2, 0.25) is 0 Å². The Balaban J connectivity index is 2.07. The summed E-state index contributed by atoms with van der Waals surface area (Å²) < 4.78 is 3.53. The molecule has 16 heavy (non-hydrogen) atoms. The first-order valence-electron chi connectivity index (χ1n) is 5.06. The maximum absolute atomic E-state index is 4.03. The molecule has 0 atom stereocenters. The number of hydrogen-bond donors (Lipinski definition) is 1. The average Bonchev–Trinajstić information content (AvgIpc) is 2.90. The molecule has 2 aromatic heterocycles. The number of nitrogens with one attached hydrogen (secondary N) is 1. The highest BCUT2D eigenvalue weighted by molar-refractivity contribution is 5.79. The Labute approximate surface area is 107 Å². The van der Waals surface area contributed by atoms with Gasteiger partial charge in [-0.2, -0.15) is 0 Å². The topological polar surface area (TPSA) is 33.6 Å². The Kier molecular flexibility index (Phi) is 2.43. The first-order chi connectivity index (χ1) is 7.83. The van der Waals surface area contributed by atoms with Gasteiger partial charge in [-0.1, -0.05) is 0 Å². The molecule has 0 fully saturated rings. The molecule has 0 saturated carbocycles. The lowest BCUT2D eigenvalue weighted by molar-refractivity contribution is -0.328. The molecule has 0 amide bonds. The van der Waals surface area contributed by atoms with Crippen molar-refractivity contribution >= 4 is 10.9 Å². The van der Waals surface area contributed by atoms with Gasteiger partial charge in [0.15, 0.2) is 3.57 Å². The maximum atomic E-state index is 4.03. The summed E-state index contributed by atoms with van der Waals surface area (Å²) in [5.74, 6) is 0. The molecule has 3 nitrogen and oxygen atoms in total. The van der Waals surface area contributed by atoms with Gasteiger partial charge in [-0.05, 0) is 23.6 Å². The fourth-order valence-electron chi connectivity index (χ4n) is 1.86. The molecule has 0 bridgehead atoms. The third kappa shape index (κ3) is 1.73.